The van der Waals surface area contributed by atoms with Gasteiger partial charge in [-0.05, 0) is 24.3 Å². The van der Waals surface area contributed by atoms with Gasteiger partial charge in [0, 0.05) is 12.6 Å². The molecule has 0 bridgehead atoms. The number of aromatic amines is 1. The third-order valence-electron chi connectivity index (χ3n) is 4.29. The first kappa shape index (κ1) is 17.2. The van der Waals surface area contributed by atoms with Crippen LogP contribution >= 0.6 is 0 Å². The number of hydrogen-bond acceptors (Lipinski definition) is 5. The van der Waals surface area contributed by atoms with E-state index in [9.17, 15) is 13.2 Å². The Hall–Kier alpha value is -3.20. The number of nitrogens with zero attached hydrogens (tertiary/aromatic N) is 3. The Bertz CT molecular complexity index is 1130. The van der Waals surface area contributed by atoms with Crippen molar-refractivity contribution >= 4 is 32.8 Å². The Balaban J connectivity index is 1.47. The molecule has 1 aliphatic heterocycles. The Morgan fingerprint density at radius 3 is 2.70 bits per heavy atom. The number of H-pyrrole nitrogens is 1. The van der Waals surface area contributed by atoms with Gasteiger partial charge in [-0.1, -0.05) is 24.3 Å². The van der Waals surface area contributed by atoms with Crippen molar-refractivity contribution < 1.29 is 13.2 Å². The first-order valence-electron chi connectivity index (χ1n) is 8.28. The topological polar surface area (TPSA) is 108 Å². The summed E-state index contributed by atoms with van der Waals surface area (Å²) in [6.45, 7) is 0.142. The summed E-state index contributed by atoms with van der Waals surface area (Å²) in [5.41, 5.74) is 2.22. The van der Waals surface area contributed by atoms with Crippen molar-refractivity contribution in [1.29, 1.82) is 0 Å². The van der Waals surface area contributed by atoms with Crippen LogP contribution in [-0.2, 0) is 21.4 Å². The van der Waals surface area contributed by atoms with Crippen LogP contribution in [0.15, 0.2) is 58.4 Å². The number of imidazole rings is 1. The Labute approximate surface area is 156 Å². The molecule has 0 saturated heterocycles. The highest BCUT2D eigenvalue weighted by Gasteiger charge is 2.30. The van der Waals surface area contributed by atoms with Crippen LogP contribution in [0.1, 0.15) is 11.4 Å². The standard InChI is InChI=1S/C18H17N5O3S/c1-23(11-16-20-13-7-3-4-8-14(13)21-16)17(24)10-19-18-12-6-2-5-9-15(12)27(25,26)22-18/h2-9H,10-11H2,1H3,(H,19,22)(H,20,21). The molecule has 4 rings (SSSR count). The number of rotatable bonds is 4. The summed E-state index contributed by atoms with van der Waals surface area (Å²) in [4.78, 5) is 25.8. The van der Waals surface area contributed by atoms with Crippen molar-refractivity contribution in [1.82, 2.24) is 19.6 Å². The Kier molecular flexibility index (Phi) is 4.15. The highest BCUT2D eigenvalue weighted by molar-refractivity contribution is 7.90. The number of benzene rings is 2. The lowest BCUT2D eigenvalue weighted by Crippen LogP contribution is -2.30. The molecule has 2 aromatic carbocycles. The van der Waals surface area contributed by atoms with E-state index in [1.165, 1.54) is 11.0 Å². The molecule has 0 atom stereocenters. The molecule has 9 heteroatoms. The number of amidine groups is 1. The molecule has 0 spiro atoms. The number of para-hydroxylation sites is 2. The van der Waals surface area contributed by atoms with Gasteiger partial charge >= 0.3 is 0 Å². The lowest BCUT2D eigenvalue weighted by atomic mass is 10.2. The first-order chi connectivity index (χ1) is 12.9. The molecule has 2 N–H and O–H groups in total. The van der Waals surface area contributed by atoms with Crippen molar-refractivity contribution in [2.75, 3.05) is 13.6 Å². The van der Waals surface area contributed by atoms with Crippen LogP contribution in [0, 0.1) is 0 Å². The molecule has 1 amide bonds. The minimum atomic E-state index is -3.61. The lowest BCUT2D eigenvalue weighted by Gasteiger charge is -2.14. The van der Waals surface area contributed by atoms with Crippen molar-refractivity contribution in [3.05, 3.63) is 59.9 Å². The summed E-state index contributed by atoms with van der Waals surface area (Å²) >= 11 is 0. The van der Waals surface area contributed by atoms with Crippen LogP contribution in [0.4, 0.5) is 0 Å². The van der Waals surface area contributed by atoms with Gasteiger partial charge < -0.3 is 9.88 Å². The second-order valence-electron chi connectivity index (χ2n) is 6.22. The predicted octanol–water partition coefficient (Wildman–Crippen LogP) is 1.26. The fourth-order valence-corrected chi connectivity index (χ4v) is 4.16. The van der Waals surface area contributed by atoms with E-state index in [0.29, 0.717) is 17.9 Å². The number of carbonyl (C=O) groups is 1. The minimum absolute atomic E-state index is 0.164. The number of amides is 1. The first-order valence-corrected chi connectivity index (χ1v) is 9.76. The molecule has 2 heterocycles. The highest BCUT2D eigenvalue weighted by atomic mass is 32.2. The van der Waals surface area contributed by atoms with E-state index in [1.807, 2.05) is 24.3 Å². The second-order valence-corrected chi connectivity index (χ2v) is 7.87. The summed E-state index contributed by atoms with van der Waals surface area (Å²) < 4.78 is 26.5. The molecule has 138 valence electrons. The number of sulfonamides is 1. The smallest absolute Gasteiger partial charge is 0.263 e. The van der Waals surface area contributed by atoms with Crippen molar-refractivity contribution in [3.63, 3.8) is 0 Å². The molecule has 1 aromatic heterocycles. The average molecular weight is 383 g/mol. The number of carbonyl (C=O) groups excluding carboxylic acids is 1. The van der Waals surface area contributed by atoms with E-state index in [2.05, 4.69) is 19.7 Å². The summed E-state index contributed by atoms with van der Waals surface area (Å²) in [7, 11) is -1.95. The average Bonchev–Trinajstić information content (AvgIpc) is 3.17. The van der Waals surface area contributed by atoms with Gasteiger partial charge in [-0.25, -0.2) is 13.4 Å². The van der Waals surface area contributed by atoms with Crippen molar-refractivity contribution in [2.24, 2.45) is 4.99 Å². The maximum absolute atomic E-state index is 12.4. The van der Waals surface area contributed by atoms with Crippen LogP contribution in [0.2, 0.25) is 0 Å². The van der Waals surface area contributed by atoms with Crippen LogP contribution < -0.4 is 4.72 Å². The molecule has 0 saturated carbocycles. The van der Waals surface area contributed by atoms with E-state index in [0.717, 1.165) is 11.0 Å². The van der Waals surface area contributed by atoms with Crippen LogP contribution in [-0.4, -0.2) is 48.6 Å². The highest BCUT2D eigenvalue weighted by Crippen LogP contribution is 2.22. The van der Waals surface area contributed by atoms with E-state index in [-0.39, 0.29) is 23.2 Å². The van der Waals surface area contributed by atoms with E-state index < -0.39 is 10.0 Å². The fraction of sp³-hybridized carbons (Fsp3) is 0.167. The lowest BCUT2D eigenvalue weighted by molar-refractivity contribution is -0.128. The molecule has 0 unspecified atom stereocenters. The van der Waals surface area contributed by atoms with Gasteiger partial charge in [0.15, 0.2) is 0 Å². The van der Waals surface area contributed by atoms with E-state index in [4.69, 9.17) is 0 Å². The number of nitrogens with one attached hydrogen (secondary N) is 2. The zero-order valence-electron chi connectivity index (χ0n) is 14.5. The summed E-state index contributed by atoms with van der Waals surface area (Å²) in [5.74, 6) is 0.620. The molecule has 1 aliphatic rings. The number of likely N-dealkylation sites (N-methyl/N-ethyl adjacent to an activating group) is 1. The van der Waals surface area contributed by atoms with Gasteiger partial charge in [-0.2, -0.15) is 0 Å². The zero-order valence-corrected chi connectivity index (χ0v) is 15.3. The molecule has 0 aliphatic carbocycles. The fourth-order valence-electron chi connectivity index (χ4n) is 2.91. The van der Waals surface area contributed by atoms with Gasteiger partial charge in [0.2, 0.25) is 5.91 Å². The van der Waals surface area contributed by atoms with Gasteiger partial charge in [0.25, 0.3) is 10.0 Å². The maximum Gasteiger partial charge on any atom is 0.263 e. The maximum atomic E-state index is 12.4. The predicted molar refractivity (Wildman–Crippen MR) is 101 cm³/mol. The minimum Gasteiger partial charge on any atom is -0.340 e. The number of hydrogen-bond donors (Lipinski definition) is 2. The van der Waals surface area contributed by atoms with Gasteiger partial charge in [-0.3, -0.25) is 14.5 Å². The molecule has 0 fully saturated rings. The Morgan fingerprint density at radius 1 is 1.15 bits per heavy atom. The van der Waals surface area contributed by atoms with Crippen molar-refractivity contribution in [3.8, 4) is 0 Å². The quantitative estimate of drug-likeness (QED) is 0.707. The van der Waals surface area contributed by atoms with Crippen LogP contribution in [0.25, 0.3) is 11.0 Å². The normalized spacial score (nSPS) is 16.3. The molecular weight excluding hydrogens is 366 g/mol. The number of aliphatic imine (C=N–C) groups is 1. The molecule has 0 radical (unpaired) electrons. The third kappa shape index (κ3) is 3.28. The molecular formula is C18H17N5O3S. The van der Waals surface area contributed by atoms with Gasteiger partial charge in [0.05, 0.1) is 22.5 Å². The van der Waals surface area contributed by atoms with Gasteiger partial charge in [0.1, 0.15) is 18.2 Å². The van der Waals surface area contributed by atoms with Gasteiger partial charge in [-0.15, -0.1) is 0 Å². The largest absolute Gasteiger partial charge is 0.340 e. The Morgan fingerprint density at radius 2 is 1.89 bits per heavy atom. The molecule has 8 nitrogen and oxygen atoms in total. The monoisotopic (exact) mass is 383 g/mol. The summed E-state index contributed by atoms with van der Waals surface area (Å²) in [6.07, 6.45) is 0. The van der Waals surface area contributed by atoms with Crippen LogP contribution in [0.5, 0.6) is 0 Å². The summed E-state index contributed by atoms with van der Waals surface area (Å²) in [5, 5.41) is 0. The van der Waals surface area contributed by atoms with E-state index in [1.54, 1.807) is 25.2 Å². The summed E-state index contributed by atoms with van der Waals surface area (Å²) in [6, 6.07) is 14.2. The molecule has 3 aromatic rings. The second kappa shape index (κ2) is 6.51. The number of fused-ring (bicyclic) bond motifs is 2. The number of aromatic nitrogens is 2. The zero-order chi connectivity index (χ0) is 19.0. The van der Waals surface area contributed by atoms with Crippen LogP contribution in [0.3, 0.4) is 0 Å². The van der Waals surface area contributed by atoms with Crippen molar-refractivity contribution in [2.45, 2.75) is 11.4 Å². The molecule has 27 heavy (non-hydrogen) atoms. The SMILES string of the molecule is CN(Cc1nc2ccccc2[nH]1)C(=O)CN=C1NS(=O)(=O)c2ccccc21. The van der Waals surface area contributed by atoms with E-state index >= 15 is 0 Å². The third-order valence-corrected chi connectivity index (χ3v) is 5.68.